The van der Waals surface area contributed by atoms with E-state index in [4.69, 9.17) is 42.6 Å². The van der Waals surface area contributed by atoms with Crippen molar-refractivity contribution in [2.45, 2.75) is 196 Å². The number of hydrogen-bond acceptors (Lipinski definition) is 21. The molecule has 7 fully saturated rings. The van der Waals surface area contributed by atoms with Gasteiger partial charge in [-0.25, -0.2) is 0 Å². The Labute approximate surface area is 404 Å². The van der Waals surface area contributed by atoms with Gasteiger partial charge in [0.2, 0.25) is 0 Å². The first-order valence-electron chi connectivity index (χ1n) is 25.6. The largest absolute Gasteiger partial charge is 0.394 e. The summed E-state index contributed by atoms with van der Waals surface area (Å²) in [5.74, 6) is 1.48. The van der Waals surface area contributed by atoms with Gasteiger partial charge in [-0.1, -0.05) is 40.5 Å². The van der Waals surface area contributed by atoms with Crippen molar-refractivity contribution in [3.05, 3.63) is 0 Å². The second-order valence-corrected chi connectivity index (χ2v) is 21.5. The zero-order valence-corrected chi connectivity index (χ0v) is 40.6. The van der Waals surface area contributed by atoms with Crippen LogP contribution in [0.4, 0.5) is 0 Å². The summed E-state index contributed by atoms with van der Waals surface area (Å²) in [4.78, 5) is 0. The maximum atomic E-state index is 10.6. The maximum absolute atomic E-state index is 10.6. The maximum Gasteiger partial charge on any atom is 0.186 e. The fourth-order valence-electron chi connectivity index (χ4n) is 14.0. The van der Waals surface area contributed by atoms with Crippen LogP contribution in [-0.2, 0) is 42.6 Å². The summed E-state index contributed by atoms with van der Waals surface area (Å²) in [5, 5.41) is 122. The summed E-state index contributed by atoms with van der Waals surface area (Å²) in [7, 11) is 0. The van der Waals surface area contributed by atoms with Gasteiger partial charge in [0.1, 0.15) is 73.2 Å². The molecule has 3 aliphatic heterocycles. The van der Waals surface area contributed by atoms with E-state index < -0.39 is 112 Å². The number of fused-ring (bicyclic) bond motifs is 5. The molecule has 3 heterocycles. The Morgan fingerprint density at radius 3 is 1.46 bits per heavy atom. The molecule has 12 N–H and O–H groups in total. The van der Waals surface area contributed by atoms with Gasteiger partial charge in [0.15, 0.2) is 18.9 Å². The lowest BCUT2D eigenvalue weighted by atomic mass is 9.43. The van der Waals surface area contributed by atoms with Crippen LogP contribution in [0.25, 0.3) is 0 Å². The smallest absolute Gasteiger partial charge is 0.186 e. The Kier molecular flexibility index (Phi) is 19.6. The normalized spacial score (nSPS) is 49.5. The summed E-state index contributed by atoms with van der Waals surface area (Å²) >= 11 is 0. The van der Waals surface area contributed by atoms with Crippen molar-refractivity contribution in [2.24, 2.45) is 46.3 Å². The minimum Gasteiger partial charge on any atom is -0.394 e. The highest BCUT2D eigenvalue weighted by atomic mass is 16.7. The van der Waals surface area contributed by atoms with Gasteiger partial charge in [0.25, 0.3) is 0 Å². The molecule has 0 aromatic heterocycles. The summed E-state index contributed by atoms with van der Waals surface area (Å²) in [6.07, 6.45) is -13.3. The van der Waals surface area contributed by atoms with Crippen LogP contribution in [0.3, 0.4) is 0 Å². The van der Waals surface area contributed by atoms with Gasteiger partial charge in [-0.3, -0.25) is 0 Å². The molecule has 4 saturated carbocycles. The monoisotopic (exact) mass is 997 g/mol. The average Bonchev–Trinajstić information content (AvgIpc) is 3.70. The summed E-state index contributed by atoms with van der Waals surface area (Å²) in [5.41, 5.74) is -0.384. The molecule has 21 nitrogen and oxygen atoms in total. The number of rotatable bonds is 21. The van der Waals surface area contributed by atoms with Gasteiger partial charge in [0.05, 0.1) is 77.8 Å². The van der Waals surface area contributed by atoms with Gasteiger partial charge in [-0.2, -0.15) is 0 Å². The molecule has 6 unspecified atom stereocenters. The topological polar surface area (TPSA) is 326 Å². The second-order valence-electron chi connectivity index (χ2n) is 21.5. The van der Waals surface area contributed by atoms with Gasteiger partial charge in [-0.15, -0.1) is 0 Å². The molecule has 3 saturated heterocycles. The Morgan fingerprint density at radius 1 is 0.522 bits per heavy atom. The molecular weight excluding hydrogens is 913 g/mol. The molecule has 4 aliphatic carbocycles. The van der Waals surface area contributed by atoms with Crippen LogP contribution in [0, 0.1) is 46.3 Å². The molecule has 7 rings (SSSR count). The van der Waals surface area contributed by atoms with E-state index in [1.165, 1.54) is 0 Å². The van der Waals surface area contributed by atoms with E-state index in [0.29, 0.717) is 11.8 Å². The lowest BCUT2D eigenvalue weighted by Gasteiger charge is -2.64. The fraction of sp³-hybridized carbons (Fsp3) is 1.00. The fourth-order valence-corrected chi connectivity index (χ4v) is 14.0. The third-order valence-corrected chi connectivity index (χ3v) is 17.8. The van der Waals surface area contributed by atoms with Crippen LogP contribution >= 0.6 is 0 Å². The number of hydrogen-bond donors (Lipinski definition) is 12. The second kappa shape index (κ2) is 24.2. The number of aliphatic hydroxyl groups excluding tert-OH is 12. The minimum atomic E-state index is -1.57. The summed E-state index contributed by atoms with van der Waals surface area (Å²) in [6, 6.07) is 0. The van der Waals surface area contributed by atoms with Gasteiger partial charge >= 0.3 is 0 Å². The lowest BCUT2D eigenvalue weighted by Crippen LogP contribution is -2.63. The standard InChI is InChI=1S/C48H84O21/c1-5-6-23(2)26-7-8-27-34-28(19-33(48(26,27)4)63-13-16-66-46-43(60)40(57)37(54)32(22-51)69-46)47(3)10-9-25(61-11-14-64-44-41(58)38(55)35(52)30(20-49)67-44)17-24(47)18-29(34)62-12-15-65-45-42(59)39(56)36(53)31(21-50)68-45/h23-46,49-60H,5-22H2,1-4H3/t23-,24+,25-,26-,27+,28+,29-,30?,31?,32?,33+,34+,35-,36+,37-,38+,39-,40+,41?,42?,43?,44-,45+,46-,47+,48-/m1/s1. The van der Waals surface area contributed by atoms with Crippen LogP contribution in [-0.4, -0.2) is 231 Å². The highest BCUT2D eigenvalue weighted by Gasteiger charge is 2.67. The van der Waals surface area contributed by atoms with Crippen molar-refractivity contribution in [1.29, 1.82) is 0 Å². The Balaban J connectivity index is 1.07. The van der Waals surface area contributed by atoms with Gasteiger partial charge < -0.3 is 104 Å². The van der Waals surface area contributed by atoms with Crippen LogP contribution in [0.2, 0.25) is 0 Å². The molecule has 0 amide bonds. The zero-order valence-electron chi connectivity index (χ0n) is 40.6. The molecule has 69 heavy (non-hydrogen) atoms. The Bertz CT molecular complexity index is 1560. The van der Waals surface area contributed by atoms with E-state index >= 15 is 0 Å². The molecule has 7 aliphatic rings. The SMILES string of the molecule is CCC[C@@H](C)[C@H]1CC[C@H]2[C@@H]3[C@H](OCCO[C@H]4OC(CO)[C@H](O)[C@@H](O)C4O)C[C@@H]4C[C@H](OCCO[C@@H]5OC(CO)[C@@H](O)[C@H](O)C5O)CC[C@]4(C)[C@H]3C[C@H](OCCO[C@@H]3OC(CO)[C@@H](O)[C@H](O)C3O)[C@]12C. The Hall–Kier alpha value is -0.840. The highest BCUT2D eigenvalue weighted by Crippen LogP contribution is 2.69. The highest BCUT2D eigenvalue weighted by molar-refractivity contribution is 5.15. The van der Waals surface area contributed by atoms with Crippen molar-refractivity contribution in [3.63, 3.8) is 0 Å². The molecule has 0 aromatic rings. The van der Waals surface area contributed by atoms with Crippen molar-refractivity contribution >= 4 is 0 Å². The van der Waals surface area contributed by atoms with E-state index in [0.717, 1.165) is 57.8 Å². The quantitative estimate of drug-likeness (QED) is 0.0549. The number of ether oxygens (including phenoxy) is 9. The molecule has 0 spiro atoms. The van der Waals surface area contributed by atoms with Crippen molar-refractivity contribution in [2.75, 3.05) is 59.5 Å². The first kappa shape index (κ1) is 55.9. The first-order chi connectivity index (χ1) is 32.9. The predicted molar refractivity (Wildman–Crippen MR) is 238 cm³/mol. The van der Waals surface area contributed by atoms with Crippen LogP contribution in [0.1, 0.15) is 85.5 Å². The van der Waals surface area contributed by atoms with Crippen LogP contribution in [0.15, 0.2) is 0 Å². The third kappa shape index (κ3) is 11.4. The Morgan fingerprint density at radius 2 is 0.986 bits per heavy atom. The molecule has 402 valence electrons. The summed E-state index contributed by atoms with van der Waals surface area (Å²) in [6.45, 7) is 8.18. The van der Waals surface area contributed by atoms with Gasteiger partial charge in [0, 0.05) is 5.41 Å². The molecular formula is C48H84O21. The van der Waals surface area contributed by atoms with E-state index in [-0.39, 0.29) is 92.5 Å². The molecule has 0 bridgehead atoms. The molecule has 26 atom stereocenters. The average molecular weight is 997 g/mol. The summed E-state index contributed by atoms with van der Waals surface area (Å²) < 4.78 is 54.6. The van der Waals surface area contributed by atoms with Crippen molar-refractivity contribution in [3.8, 4) is 0 Å². The molecule has 21 heteroatoms. The van der Waals surface area contributed by atoms with Gasteiger partial charge in [-0.05, 0) is 85.9 Å². The van der Waals surface area contributed by atoms with E-state index in [2.05, 4.69) is 27.7 Å². The van der Waals surface area contributed by atoms with E-state index in [9.17, 15) is 61.3 Å². The molecule has 0 radical (unpaired) electrons. The number of aliphatic hydroxyl groups is 12. The lowest BCUT2D eigenvalue weighted by molar-refractivity contribution is -0.305. The molecule has 0 aromatic carbocycles. The predicted octanol–water partition coefficient (Wildman–Crippen LogP) is -2.09. The van der Waals surface area contributed by atoms with E-state index in [1.807, 2.05) is 0 Å². The van der Waals surface area contributed by atoms with Crippen molar-refractivity contribution in [1.82, 2.24) is 0 Å². The zero-order chi connectivity index (χ0) is 49.9. The van der Waals surface area contributed by atoms with Crippen molar-refractivity contribution < 1.29 is 104 Å². The third-order valence-electron chi connectivity index (χ3n) is 17.8. The van der Waals surface area contributed by atoms with Crippen LogP contribution < -0.4 is 0 Å². The minimum absolute atomic E-state index is 0.0109. The van der Waals surface area contributed by atoms with Crippen LogP contribution in [0.5, 0.6) is 0 Å². The van der Waals surface area contributed by atoms with E-state index in [1.54, 1.807) is 0 Å². The first-order valence-corrected chi connectivity index (χ1v) is 25.6.